The van der Waals surface area contributed by atoms with Gasteiger partial charge < -0.3 is 9.72 Å². The van der Waals surface area contributed by atoms with Gasteiger partial charge in [0, 0.05) is 29.9 Å². The van der Waals surface area contributed by atoms with Crippen LogP contribution in [0.1, 0.15) is 15.9 Å². The summed E-state index contributed by atoms with van der Waals surface area (Å²) < 4.78 is 15.1. The highest BCUT2D eigenvalue weighted by Gasteiger charge is 2.14. The molecular weight excluding hydrogens is 373 g/mol. The van der Waals surface area contributed by atoms with Crippen molar-refractivity contribution in [1.29, 1.82) is 0 Å². The Morgan fingerprint density at radius 2 is 2.19 bits per heavy atom. The summed E-state index contributed by atoms with van der Waals surface area (Å²) in [6, 6.07) is 9.90. The van der Waals surface area contributed by atoms with Gasteiger partial charge >= 0.3 is 0 Å². The van der Waals surface area contributed by atoms with Gasteiger partial charge in [0.15, 0.2) is 0 Å². The third kappa shape index (κ3) is 3.21. The summed E-state index contributed by atoms with van der Waals surface area (Å²) in [5.74, 6) is -0.733. The number of fused-ring (bicyclic) bond motifs is 1. The number of halogens is 2. The van der Waals surface area contributed by atoms with Crippen molar-refractivity contribution in [3.05, 3.63) is 81.5 Å². The first-order chi connectivity index (χ1) is 12.6. The van der Waals surface area contributed by atoms with Crippen LogP contribution in [-0.2, 0) is 6.54 Å². The second kappa shape index (κ2) is 6.90. The fraction of sp³-hybridized carbons (Fsp3) is 0.0526. The second-order valence-corrected chi connectivity index (χ2v) is 6.91. The molecule has 0 fully saturated rings. The number of carbonyl (C=O) groups excluding carboxylic acids is 1. The number of nitrogens with one attached hydrogen (secondary N) is 1. The van der Waals surface area contributed by atoms with Crippen LogP contribution in [0.25, 0.3) is 16.9 Å². The van der Waals surface area contributed by atoms with E-state index >= 15 is 0 Å². The molecule has 1 amide bonds. The van der Waals surface area contributed by atoms with Gasteiger partial charge in [0.1, 0.15) is 11.5 Å². The Morgan fingerprint density at radius 3 is 2.96 bits per heavy atom. The molecule has 3 heterocycles. The van der Waals surface area contributed by atoms with E-state index in [9.17, 15) is 9.18 Å². The van der Waals surface area contributed by atoms with Gasteiger partial charge in [-0.25, -0.2) is 9.37 Å². The van der Waals surface area contributed by atoms with Crippen molar-refractivity contribution < 1.29 is 9.18 Å². The Morgan fingerprint density at radius 1 is 1.31 bits per heavy atom. The van der Waals surface area contributed by atoms with Gasteiger partial charge in [-0.15, -0.1) is 0 Å². The normalized spacial score (nSPS) is 11.0. The zero-order chi connectivity index (χ0) is 18.1. The maximum absolute atomic E-state index is 13.2. The van der Waals surface area contributed by atoms with Crippen LogP contribution in [0.3, 0.4) is 0 Å². The number of amides is 1. The Bertz CT molecular complexity index is 1090. The lowest BCUT2D eigenvalue weighted by atomic mass is 10.2. The van der Waals surface area contributed by atoms with E-state index < -0.39 is 5.82 Å². The van der Waals surface area contributed by atoms with Gasteiger partial charge in [-0.1, -0.05) is 17.7 Å². The highest BCUT2D eigenvalue weighted by molar-refractivity contribution is 7.08. The molecule has 4 nitrogen and oxygen atoms in total. The molecule has 26 heavy (non-hydrogen) atoms. The summed E-state index contributed by atoms with van der Waals surface area (Å²) in [4.78, 5) is 17.2. The molecule has 7 heteroatoms. The quantitative estimate of drug-likeness (QED) is 0.549. The molecule has 0 saturated heterocycles. The van der Waals surface area contributed by atoms with E-state index in [1.165, 1.54) is 12.1 Å². The molecule has 0 unspecified atom stereocenters. The molecule has 3 aromatic heterocycles. The van der Waals surface area contributed by atoms with Crippen molar-refractivity contribution in [2.75, 3.05) is 0 Å². The standard InChI is InChI=1S/C19H13ClFN3OS/c20-15-8-12(3-4-16(15)21)9-22-19(25)14-2-1-6-24-10-17(23-18(14)24)13-5-7-26-11-13/h1-8,10-11H,9H2,(H,22,25). The van der Waals surface area contributed by atoms with Crippen LogP contribution in [0.5, 0.6) is 0 Å². The van der Waals surface area contributed by atoms with Gasteiger partial charge in [-0.05, 0) is 41.3 Å². The van der Waals surface area contributed by atoms with Gasteiger partial charge in [-0.3, -0.25) is 4.79 Å². The molecule has 1 aromatic carbocycles. The third-order valence-corrected chi connectivity index (χ3v) is 4.95. The maximum atomic E-state index is 13.2. The molecule has 4 aromatic rings. The Labute approximate surface area is 157 Å². The summed E-state index contributed by atoms with van der Waals surface area (Å²) in [5.41, 5.74) is 3.62. The summed E-state index contributed by atoms with van der Waals surface area (Å²) >= 11 is 7.37. The SMILES string of the molecule is O=C(NCc1ccc(F)c(Cl)c1)c1cccn2cc(-c3ccsc3)nc12. The largest absolute Gasteiger partial charge is 0.348 e. The number of pyridine rings is 1. The lowest BCUT2D eigenvalue weighted by Crippen LogP contribution is -2.23. The van der Waals surface area contributed by atoms with Crippen molar-refractivity contribution in [2.24, 2.45) is 0 Å². The van der Waals surface area contributed by atoms with Crippen molar-refractivity contribution in [3.63, 3.8) is 0 Å². The van der Waals surface area contributed by atoms with E-state index in [-0.39, 0.29) is 17.5 Å². The van der Waals surface area contributed by atoms with E-state index in [4.69, 9.17) is 11.6 Å². The number of benzene rings is 1. The highest BCUT2D eigenvalue weighted by atomic mass is 35.5. The highest BCUT2D eigenvalue weighted by Crippen LogP contribution is 2.23. The minimum absolute atomic E-state index is 0.0347. The van der Waals surface area contributed by atoms with Crippen molar-refractivity contribution >= 4 is 34.5 Å². The first kappa shape index (κ1) is 16.8. The van der Waals surface area contributed by atoms with Gasteiger partial charge in [0.25, 0.3) is 5.91 Å². The van der Waals surface area contributed by atoms with Crippen molar-refractivity contribution in [1.82, 2.24) is 14.7 Å². The zero-order valence-corrected chi connectivity index (χ0v) is 15.0. The van der Waals surface area contributed by atoms with Crippen LogP contribution in [0.2, 0.25) is 5.02 Å². The number of carbonyl (C=O) groups is 1. The van der Waals surface area contributed by atoms with E-state index in [0.29, 0.717) is 11.2 Å². The molecule has 0 aliphatic rings. The Kier molecular flexibility index (Phi) is 4.44. The van der Waals surface area contributed by atoms with Crippen molar-refractivity contribution in [3.8, 4) is 11.3 Å². The van der Waals surface area contributed by atoms with Crippen molar-refractivity contribution in [2.45, 2.75) is 6.54 Å². The first-order valence-corrected chi connectivity index (χ1v) is 9.16. The minimum Gasteiger partial charge on any atom is -0.348 e. The van der Waals surface area contributed by atoms with Crippen LogP contribution in [0.4, 0.5) is 4.39 Å². The first-order valence-electron chi connectivity index (χ1n) is 7.84. The number of thiophene rings is 1. The molecule has 0 saturated carbocycles. The topological polar surface area (TPSA) is 46.4 Å². The summed E-state index contributed by atoms with van der Waals surface area (Å²) in [5, 5.41) is 6.86. The molecular formula is C19H13ClFN3OS. The molecule has 4 rings (SSSR count). The second-order valence-electron chi connectivity index (χ2n) is 5.72. The van der Waals surface area contributed by atoms with Crippen LogP contribution < -0.4 is 5.32 Å². The number of nitrogens with zero attached hydrogens (tertiary/aromatic N) is 2. The average molecular weight is 386 g/mol. The fourth-order valence-corrected chi connectivity index (χ4v) is 3.52. The lowest BCUT2D eigenvalue weighted by molar-refractivity contribution is 0.0952. The summed E-state index contributed by atoms with van der Waals surface area (Å²) in [6.07, 6.45) is 3.75. The van der Waals surface area contributed by atoms with Gasteiger partial charge in [0.2, 0.25) is 0 Å². The zero-order valence-electron chi connectivity index (χ0n) is 13.4. The van der Waals surface area contributed by atoms with Crippen LogP contribution in [0, 0.1) is 5.82 Å². The van der Waals surface area contributed by atoms with E-state index in [1.807, 2.05) is 33.6 Å². The number of hydrogen-bond acceptors (Lipinski definition) is 3. The summed E-state index contributed by atoms with van der Waals surface area (Å²) in [7, 11) is 0. The molecule has 0 radical (unpaired) electrons. The maximum Gasteiger partial charge on any atom is 0.255 e. The molecule has 0 bridgehead atoms. The fourth-order valence-electron chi connectivity index (χ4n) is 2.67. The molecule has 0 atom stereocenters. The summed E-state index contributed by atoms with van der Waals surface area (Å²) in [6.45, 7) is 0.248. The van der Waals surface area contributed by atoms with E-state index in [2.05, 4.69) is 10.3 Å². The van der Waals surface area contributed by atoms with Gasteiger partial charge in [0.05, 0.1) is 16.3 Å². The van der Waals surface area contributed by atoms with Crippen LogP contribution >= 0.6 is 22.9 Å². The molecule has 0 aliphatic carbocycles. The molecule has 0 aliphatic heterocycles. The van der Waals surface area contributed by atoms with Crippen LogP contribution in [-0.4, -0.2) is 15.3 Å². The third-order valence-electron chi connectivity index (χ3n) is 3.98. The smallest absolute Gasteiger partial charge is 0.255 e. The predicted molar refractivity (Wildman–Crippen MR) is 101 cm³/mol. The minimum atomic E-state index is -0.482. The van der Waals surface area contributed by atoms with Crippen LogP contribution in [0.15, 0.2) is 59.6 Å². The number of rotatable bonds is 4. The van der Waals surface area contributed by atoms with Gasteiger partial charge in [-0.2, -0.15) is 11.3 Å². The Balaban J connectivity index is 1.59. The molecule has 0 spiro atoms. The van der Waals surface area contributed by atoms with E-state index in [0.717, 1.165) is 16.8 Å². The average Bonchev–Trinajstić information content (AvgIpc) is 3.31. The van der Waals surface area contributed by atoms with E-state index in [1.54, 1.807) is 29.5 Å². The number of aromatic nitrogens is 2. The Hall–Kier alpha value is -2.70. The molecule has 1 N–H and O–H groups in total. The molecule has 130 valence electrons. The monoisotopic (exact) mass is 385 g/mol. The number of hydrogen-bond donors (Lipinski definition) is 1. The number of imidazole rings is 1. The lowest BCUT2D eigenvalue weighted by Gasteiger charge is -2.07. The predicted octanol–water partition coefficient (Wildman–Crippen LogP) is 4.79.